The Balaban J connectivity index is 0.00000243. The van der Waals surface area contributed by atoms with Gasteiger partial charge in [0.2, 0.25) is 5.91 Å². The lowest BCUT2D eigenvalue weighted by Crippen LogP contribution is -2.26. The number of guanidine groups is 1. The first-order valence-corrected chi connectivity index (χ1v) is 8.35. The molecule has 1 aliphatic rings. The van der Waals surface area contributed by atoms with Gasteiger partial charge in [-0.1, -0.05) is 12.1 Å². The zero-order valence-corrected chi connectivity index (χ0v) is 16.6. The molecular weight excluding hydrogens is 446 g/mol. The van der Waals surface area contributed by atoms with Gasteiger partial charge in [0.15, 0.2) is 5.96 Å². The summed E-state index contributed by atoms with van der Waals surface area (Å²) in [7, 11) is 0. The monoisotopic (exact) mass is 468 g/mol. The molecule has 0 saturated carbocycles. The number of hydrogen-bond donors (Lipinski definition) is 3. The van der Waals surface area contributed by atoms with Crippen LogP contribution in [0.25, 0.3) is 0 Å². The molecule has 3 rings (SSSR count). The maximum absolute atomic E-state index is 12.8. The summed E-state index contributed by atoms with van der Waals surface area (Å²) in [5, 5.41) is 5.74. The fourth-order valence-corrected chi connectivity index (χ4v) is 2.97. The number of carbonyl (C=O) groups is 1. The van der Waals surface area contributed by atoms with E-state index in [1.807, 2.05) is 12.1 Å². The molecule has 1 aliphatic carbocycles. The lowest BCUT2D eigenvalue weighted by molar-refractivity contribution is -0.114. The summed E-state index contributed by atoms with van der Waals surface area (Å²) >= 11 is 0. The quantitative estimate of drug-likeness (QED) is 0.364. The third-order valence-corrected chi connectivity index (χ3v) is 4.18. The van der Waals surface area contributed by atoms with Crippen LogP contribution in [0, 0.1) is 5.82 Å². The standard InChI is InChI=1S/C19H21FN4O.HI/c20-14-8-10-15(11-9-14)23-18(25)12-22-19(21)24-17-7-3-5-13-4-1-2-6-16(13)17;/h3,5,7-11H,1-2,4,6,12H2,(H,23,25)(H3,21,22,24);1H. The number of nitrogens with two attached hydrogens (primary N) is 1. The molecular formula is C19H22FIN4O. The fraction of sp³-hybridized carbons (Fsp3) is 0.263. The lowest BCUT2D eigenvalue weighted by atomic mass is 9.90. The second kappa shape index (κ2) is 9.51. The summed E-state index contributed by atoms with van der Waals surface area (Å²) in [6.45, 7) is -0.106. The molecule has 0 aliphatic heterocycles. The van der Waals surface area contributed by atoms with Crippen LogP contribution in [-0.2, 0) is 17.6 Å². The molecule has 0 heterocycles. The van der Waals surface area contributed by atoms with Gasteiger partial charge in [-0.25, -0.2) is 9.38 Å². The molecule has 0 unspecified atom stereocenters. The van der Waals surface area contributed by atoms with Crippen LogP contribution in [0.5, 0.6) is 0 Å². The minimum atomic E-state index is -0.351. The van der Waals surface area contributed by atoms with E-state index < -0.39 is 0 Å². The van der Waals surface area contributed by atoms with Crippen molar-refractivity contribution in [2.45, 2.75) is 25.7 Å². The average molecular weight is 468 g/mol. The predicted molar refractivity (Wildman–Crippen MR) is 114 cm³/mol. The summed E-state index contributed by atoms with van der Waals surface area (Å²) in [6, 6.07) is 11.7. The van der Waals surface area contributed by atoms with Crippen LogP contribution in [0.1, 0.15) is 24.0 Å². The molecule has 0 aromatic heterocycles. The SMILES string of the molecule is I.NC(=NCC(=O)Nc1ccc(F)cc1)Nc1cccc2c1CCCC2. The first-order chi connectivity index (χ1) is 12.1. The Bertz CT molecular complexity index is 793. The molecule has 0 spiro atoms. The number of nitrogens with zero attached hydrogens (tertiary/aromatic N) is 1. The van der Waals surface area contributed by atoms with Crippen LogP contribution in [0.3, 0.4) is 0 Å². The van der Waals surface area contributed by atoms with Crippen molar-refractivity contribution in [2.75, 3.05) is 17.2 Å². The van der Waals surface area contributed by atoms with Crippen molar-refractivity contribution >= 4 is 47.2 Å². The van der Waals surface area contributed by atoms with Gasteiger partial charge in [0.25, 0.3) is 0 Å². The van der Waals surface area contributed by atoms with Gasteiger partial charge < -0.3 is 16.4 Å². The largest absolute Gasteiger partial charge is 0.370 e. The Hall–Kier alpha value is -2.16. The van der Waals surface area contributed by atoms with Gasteiger partial charge >= 0.3 is 0 Å². The van der Waals surface area contributed by atoms with Gasteiger partial charge in [-0.15, -0.1) is 24.0 Å². The molecule has 4 N–H and O–H groups in total. The predicted octanol–water partition coefficient (Wildman–Crippen LogP) is 3.69. The van der Waals surface area contributed by atoms with E-state index in [9.17, 15) is 9.18 Å². The average Bonchev–Trinajstić information content (AvgIpc) is 2.62. The van der Waals surface area contributed by atoms with Gasteiger partial charge in [-0.3, -0.25) is 4.79 Å². The minimum Gasteiger partial charge on any atom is -0.370 e. The zero-order chi connectivity index (χ0) is 17.6. The highest BCUT2D eigenvalue weighted by atomic mass is 127. The number of amides is 1. The van der Waals surface area contributed by atoms with Gasteiger partial charge in [0, 0.05) is 11.4 Å². The molecule has 0 fully saturated rings. The molecule has 26 heavy (non-hydrogen) atoms. The first kappa shape index (κ1) is 20.2. The van der Waals surface area contributed by atoms with E-state index in [0.717, 1.165) is 18.5 Å². The molecule has 0 bridgehead atoms. The van der Waals surface area contributed by atoms with E-state index in [2.05, 4.69) is 21.7 Å². The molecule has 0 atom stereocenters. The third kappa shape index (κ3) is 5.42. The molecule has 7 heteroatoms. The van der Waals surface area contributed by atoms with Crippen molar-refractivity contribution in [3.63, 3.8) is 0 Å². The van der Waals surface area contributed by atoms with Gasteiger partial charge in [0.05, 0.1) is 0 Å². The summed E-state index contributed by atoms with van der Waals surface area (Å²) in [5.41, 5.74) is 10.0. The number of carbonyl (C=O) groups excluding carboxylic acids is 1. The van der Waals surface area contributed by atoms with E-state index in [1.165, 1.54) is 48.2 Å². The molecule has 5 nitrogen and oxygen atoms in total. The Labute approximate surface area is 169 Å². The number of nitrogens with one attached hydrogen (secondary N) is 2. The van der Waals surface area contributed by atoms with Crippen molar-refractivity contribution in [3.8, 4) is 0 Å². The van der Waals surface area contributed by atoms with E-state index in [-0.39, 0.29) is 48.2 Å². The molecule has 138 valence electrons. The number of hydrogen-bond acceptors (Lipinski definition) is 2. The first-order valence-electron chi connectivity index (χ1n) is 8.35. The number of aliphatic imine (C=N–C) groups is 1. The van der Waals surface area contributed by atoms with E-state index in [0.29, 0.717) is 5.69 Å². The lowest BCUT2D eigenvalue weighted by Gasteiger charge is -2.19. The summed E-state index contributed by atoms with van der Waals surface area (Å²) < 4.78 is 12.8. The topological polar surface area (TPSA) is 79.5 Å². The summed E-state index contributed by atoms with van der Waals surface area (Å²) in [5.74, 6) is -0.463. The molecule has 0 radical (unpaired) electrons. The maximum Gasteiger partial charge on any atom is 0.246 e. The molecule has 2 aromatic carbocycles. The highest BCUT2D eigenvalue weighted by Gasteiger charge is 2.13. The Morgan fingerprint density at radius 1 is 1.08 bits per heavy atom. The smallest absolute Gasteiger partial charge is 0.246 e. The Morgan fingerprint density at radius 3 is 2.58 bits per heavy atom. The Morgan fingerprint density at radius 2 is 1.81 bits per heavy atom. The van der Waals surface area contributed by atoms with Crippen LogP contribution >= 0.6 is 24.0 Å². The highest BCUT2D eigenvalue weighted by Crippen LogP contribution is 2.27. The minimum absolute atomic E-state index is 0. The highest BCUT2D eigenvalue weighted by molar-refractivity contribution is 14.0. The van der Waals surface area contributed by atoms with E-state index >= 15 is 0 Å². The van der Waals surface area contributed by atoms with Crippen LogP contribution in [0.4, 0.5) is 15.8 Å². The van der Waals surface area contributed by atoms with Crippen molar-refractivity contribution in [1.29, 1.82) is 0 Å². The molecule has 1 amide bonds. The Kier molecular flexibility index (Phi) is 7.38. The van der Waals surface area contributed by atoms with Crippen molar-refractivity contribution in [1.82, 2.24) is 0 Å². The molecule has 2 aromatic rings. The van der Waals surface area contributed by atoms with Crippen molar-refractivity contribution in [3.05, 3.63) is 59.4 Å². The van der Waals surface area contributed by atoms with Crippen molar-refractivity contribution < 1.29 is 9.18 Å². The number of aryl methyl sites for hydroxylation is 1. The zero-order valence-electron chi connectivity index (χ0n) is 14.3. The van der Waals surface area contributed by atoms with Gasteiger partial charge in [-0.2, -0.15) is 0 Å². The summed E-state index contributed by atoms with van der Waals surface area (Å²) in [4.78, 5) is 16.0. The van der Waals surface area contributed by atoms with Crippen LogP contribution < -0.4 is 16.4 Å². The number of rotatable bonds is 4. The van der Waals surface area contributed by atoms with Crippen molar-refractivity contribution in [2.24, 2.45) is 10.7 Å². The number of anilines is 2. The number of fused-ring (bicyclic) bond motifs is 1. The second-order valence-corrected chi connectivity index (χ2v) is 6.03. The number of benzene rings is 2. The van der Waals surface area contributed by atoms with Gasteiger partial charge in [-0.05, 0) is 67.1 Å². The van der Waals surface area contributed by atoms with Crippen LogP contribution in [0.15, 0.2) is 47.5 Å². The third-order valence-electron chi connectivity index (χ3n) is 4.18. The van der Waals surface area contributed by atoms with Crippen LogP contribution in [-0.4, -0.2) is 18.4 Å². The maximum atomic E-state index is 12.8. The normalized spacial score (nSPS) is 13.3. The van der Waals surface area contributed by atoms with Crippen LogP contribution in [0.2, 0.25) is 0 Å². The van der Waals surface area contributed by atoms with Gasteiger partial charge in [0.1, 0.15) is 12.4 Å². The summed E-state index contributed by atoms with van der Waals surface area (Å²) in [6.07, 6.45) is 4.49. The van der Waals surface area contributed by atoms with E-state index in [1.54, 1.807) is 0 Å². The van der Waals surface area contributed by atoms with E-state index in [4.69, 9.17) is 5.73 Å². The number of halogens is 2. The second-order valence-electron chi connectivity index (χ2n) is 6.03. The molecule has 0 saturated heterocycles. The fourth-order valence-electron chi connectivity index (χ4n) is 2.97.